The molecule has 0 aliphatic rings. The molecule has 0 fully saturated rings. The molecule has 0 saturated heterocycles. The molecule has 2 N–H and O–H groups in total. The standard InChI is InChI=1S/C45H67NO4/c1-3-4-5-6-7-8-9-10-11-12-13-14-15-16-17-18-19-20-21-30-37-48-43-36-29-28-35-42(43)45(40-31-24-22-25-32-40,41-33-26-23-27-34-41)49-38-39(2)50-44(46)47/h22-29,31-36,39H,3-21,30,37-38H2,1-2H3,(H2,46,47)/t39-/m1/s1. The number of hydrogen-bond acceptors (Lipinski definition) is 4. The van der Waals surface area contributed by atoms with Crippen LogP contribution >= 0.6 is 0 Å². The summed E-state index contributed by atoms with van der Waals surface area (Å²) in [5.41, 5.74) is 7.18. The Morgan fingerprint density at radius 1 is 0.580 bits per heavy atom. The van der Waals surface area contributed by atoms with Crippen molar-refractivity contribution in [3.8, 4) is 5.75 Å². The van der Waals surface area contributed by atoms with Gasteiger partial charge in [-0.05, 0) is 30.5 Å². The molecule has 1 amide bonds. The van der Waals surface area contributed by atoms with E-state index >= 15 is 0 Å². The van der Waals surface area contributed by atoms with Crippen molar-refractivity contribution < 1.29 is 19.0 Å². The maximum absolute atomic E-state index is 11.5. The highest BCUT2D eigenvalue weighted by atomic mass is 16.6. The molecule has 0 aliphatic carbocycles. The first kappa shape index (κ1) is 41.1. The van der Waals surface area contributed by atoms with Crippen molar-refractivity contribution in [2.24, 2.45) is 5.73 Å². The van der Waals surface area contributed by atoms with Crippen LogP contribution in [0.5, 0.6) is 5.75 Å². The molecule has 50 heavy (non-hydrogen) atoms. The monoisotopic (exact) mass is 686 g/mol. The number of rotatable bonds is 29. The van der Waals surface area contributed by atoms with Gasteiger partial charge >= 0.3 is 6.09 Å². The fourth-order valence-corrected chi connectivity index (χ4v) is 6.97. The Morgan fingerprint density at radius 2 is 0.980 bits per heavy atom. The number of carbonyl (C=O) groups is 1. The second-order valence-electron chi connectivity index (χ2n) is 14.0. The first-order valence-electron chi connectivity index (χ1n) is 20.0. The Balaban J connectivity index is 1.40. The zero-order chi connectivity index (χ0) is 35.5. The van der Waals surface area contributed by atoms with Crippen LogP contribution in [0.1, 0.15) is 159 Å². The predicted octanol–water partition coefficient (Wildman–Crippen LogP) is 12.7. The van der Waals surface area contributed by atoms with Crippen LogP contribution in [0.15, 0.2) is 84.9 Å². The van der Waals surface area contributed by atoms with Gasteiger partial charge in [0.1, 0.15) is 17.5 Å². The lowest BCUT2D eigenvalue weighted by molar-refractivity contribution is -0.0370. The van der Waals surface area contributed by atoms with E-state index in [1.54, 1.807) is 6.92 Å². The maximum Gasteiger partial charge on any atom is 0.404 e. The summed E-state index contributed by atoms with van der Waals surface area (Å²) in [6, 6.07) is 28.5. The molecule has 3 rings (SSSR count). The molecule has 0 aliphatic heterocycles. The van der Waals surface area contributed by atoms with Gasteiger partial charge in [-0.25, -0.2) is 4.79 Å². The van der Waals surface area contributed by atoms with Gasteiger partial charge in [-0.15, -0.1) is 0 Å². The number of benzene rings is 3. The zero-order valence-electron chi connectivity index (χ0n) is 31.4. The number of hydrogen-bond donors (Lipinski definition) is 1. The van der Waals surface area contributed by atoms with Crippen LogP contribution in [0.3, 0.4) is 0 Å². The van der Waals surface area contributed by atoms with Crippen LogP contribution in [0.25, 0.3) is 0 Å². The Labute approximate surface area is 304 Å². The first-order valence-corrected chi connectivity index (χ1v) is 20.0. The fourth-order valence-electron chi connectivity index (χ4n) is 6.97. The van der Waals surface area contributed by atoms with E-state index < -0.39 is 17.8 Å². The van der Waals surface area contributed by atoms with Crippen molar-refractivity contribution in [2.45, 2.75) is 154 Å². The summed E-state index contributed by atoms with van der Waals surface area (Å²) < 4.78 is 18.6. The van der Waals surface area contributed by atoms with Crippen molar-refractivity contribution >= 4 is 6.09 Å². The fraction of sp³-hybridized carbons (Fsp3) is 0.578. The van der Waals surface area contributed by atoms with Crippen molar-refractivity contribution in [1.29, 1.82) is 0 Å². The second-order valence-corrected chi connectivity index (χ2v) is 14.0. The molecular formula is C45H67NO4. The zero-order valence-corrected chi connectivity index (χ0v) is 31.4. The highest BCUT2D eigenvalue weighted by Crippen LogP contribution is 2.44. The lowest BCUT2D eigenvalue weighted by Gasteiger charge is -2.37. The normalized spacial score (nSPS) is 12.1. The molecule has 5 heteroatoms. The molecular weight excluding hydrogens is 618 g/mol. The third-order valence-corrected chi connectivity index (χ3v) is 9.73. The van der Waals surface area contributed by atoms with Crippen LogP contribution in [0, 0.1) is 0 Å². The number of carbonyl (C=O) groups excluding carboxylic acids is 1. The van der Waals surface area contributed by atoms with Crippen molar-refractivity contribution in [1.82, 2.24) is 0 Å². The molecule has 5 nitrogen and oxygen atoms in total. The first-order chi connectivity index (χ1) is 24.6. The number of primary amides is 1. The van der Waals surface area contributed by atoms with Crippen molar-refractivity contribution in [3.05, 3.63) is 102 Å². The van der Waals surface area contributed by atoms with E-state index in [0.29, 0.717) is 6.61 Å². The van der Waals surface area contributed by atoms with Gasteiger partial charge in [-0.1, -0.05) is 208 Å². The minimum absolute atomic E-state index is 0.153. The second kappa shape index (κ2) is 25.6. The number of para-hydroxylation sites is 1. The van der Waals surface area contributed by atoms with Gasteiger partial charge in [0.05, 0.1) is 13.2 Å². The Kier molecular flexibility index (Phi) is 21.1. The maximum atomic E-state index is 11.5. The predicted molar refractivity (Wildman–Crippen MR) is 209 cm³/mol. The highest BCUT2D eigenvalue weighted by molar-refractivity contribution is 5.64. The topological polar surface area (TPSA) is 70.8 Å². The van der Waals surface area contributed by atoms with Gasteiger partial charge < -0.3 is 19.9 Å². The summed E-state index contributed by atoms with van der Waals surface area (Å²) in [6.45, 7) is 4.88. The van der Waals surface area contributed by atoms with Gasteiger partial charge in [0.2, 0.25) is 0 Å². The average molecular weight is 686 g/mol. The molecule has 3 aromatic rings. The average Bonchev–Trinajstić information content (AvgIpc) is 3.13. The molecule has 1 atom stereocenters. The van der Waals surface area contributed by atoms with Gasteiger partial charge in [0.25, 0.3) is 0 Å². The summed E-state index contributed by atoms with van der Waals surface area (Å²) in [6.07, 6.45) is 26.0. The number of ether oxygens (including phenoxy) is 3. The molecule has 0 aromatic heterocycles. The number of amides is 1. The van der Waals surface area contributed by atoms with Crippen molar-refractivity contribution in [2.75, 3.05) is 13.2 Å². The van der Waals surface area contributed by atoms with Crippen LogP contribution in [0.2, 0.25) is 0 Å². The minimum atomic E-state index is -0.985. The van der Waals surface area contributed by atoms with Gasteiger partial charge in [-0.2, -0.15) is 0 Å². The van der Waals surface area contributed by atoms with E-state index in [-0.39, 0.29) is 6.61 Å². The van der Waals surface area contributed by atoms with E-state index in [0.717, 1.165) is 28.9 Å². The lowest BCUT2D eigenvalue weighted by Crippen LogP contribution is -2.37. The third kappa shape index (κ3) is 15.3. The van der Waals surface area contributed by atoms with Gasteiger partial charge in [0, 0.05) is 5.56 Å². The third-order valence-electron chi connectivity index (χ3n) is 9.73. The molecule has 0 unspecified atom stereocenters. The van der Waals surface area contributed by atoms with E-state index in [4.69, 9.17) is 19.9 Å². The Hall–Kier alpha value is -3.31. The van der Waals surface area contributed by atoms with Crippen LogP contribution in [-0.4, -0.2) is 25.4 Å². The summed E-state index contributed by atoms with van der Waals surface area (Å²) >= 11 is 0. The smallest absolute Gasteiger partial charge is 0.404 e. The van der Waals surface area contributed by atoms with Crippen LogP contribution < -0.4 is 10.5 Å². The van der Waals surface area contributed by atoms with Crippen molar-refractivity contribution in [3.63, 3.8) is 0 Å². The summed E-state index contributed by atoms with van der Waals surface area (Å²) in [5, 5.41) is 0. The molecule has 0 heterocycles. The number of unbranched alkanes of at least 4 members (excludes halogenated alkanes) is 19. The van der Waals surface area contributed by atoms with Crippen LogP contribution in [0.4, 0.5) is 4.79 Å². The van der Waals surface area contributed by atoms with E-state index in [1.807, 2.05) is 54.6 Å². The van der Waals surface area contributed by atoms with E-state index in [2.05, 4.69) is 37.3 Å². The largest absolute Gasteiger partial charge is 0.493 e. The molecule has 0 spiro atoms. The van der Waals surface area contributed by atoms with E-state index in [9.17, 15) is 4.79 Å². The summed E-state index contributed by atoms with van der Waals surface area (Å²) in [5.74, 6) is 0.793. The molecule has 3 aromatic carbocycles. The van der Waals surface area contributed by atoms with Gasteiger partial charge in [0.15, 0.2) is 0 Å². The quantitative estimate of drug-likeness (QED) is 0.0583. The minimum Gasteiger partial charge on any atom is -0.493 e. The highest BCUT2D eigenvalue weighted by Gasteiger charge is 2.40. The molecule has 0 saturated carbocycles. The van der Waals surface area contributed by atoms with E-state index in [1.165, 1.54) is 122 Å². The molecule has 276 valence electrons. The Morgan fingerprint density at radius 3 is 1.42 bits per heavy atom. The van der Waals surface area contributed by atoms with Gasteiger partial charge in [-0.3, -0.25) is 0 Å². The summed E-state index contributed by atoms with van der Waals surface area (Å²) in [4.78, 5) is 11.5. The lowest BCUT2D eigenvalue weighted by atomic mass is 9.79. The van der Waals surface area contributed by atoms with Crippen LogP contribution in [-0.2, 0) is 15.1 Å². The molecule has 0 bridgehead atoms. The number of nitrogens with two attached hydrogens (primary N) is 1. The Bertz CT molecular complexity index is 1220. The SMILES string of the molecule is CCCCCCCCCCCCCCCCCCCCCCOc1ccccc1C(OC[C@@H](C)OC(N)=O)(c1ccccc1)c1ccccc1. The molecule has 0 radical (unpaired) electrons. The summed E-state index contributed by atoms with van der Waals surface area (Å²) in [7, 11) is 0.